The van der Waals surface area contributed by atoms with Gasteiger partial charge in [0.15, 0.2) is 0 Å². The van der Waals surface area contributed by atoms with Gasteiger partial charge in [-0.3, -0.25) is 0 Å². The summed E-state index contributed by atoms with van der Waals surface area (Å²) in [7, 11) is 0. The summed E-state index contributed by atoms with van der Waals surface area (Å²) in [5, 5.41) is 28.1. The number of alkyl halides is 1. The Morgan fingerprint density at radius 1 is 1.29 bits per heavy atom. The number of nitriles is 1. The van der Waals surface area contributed by atoms with Crippen molar-refractivity contribution in [3.05, 3.63) is 34.9 Å². The maximum absolute atomic E-state index is 13.3. The van der Waals surface area contributed by atoms with E-state index in [0.717, 1.165) is 12.1 Å². The predicted molar refractivity (Wildman–Crippen MR) is 60.5 cm³/mol. The molecule has 0 saturated carbocycles. The van der Waals surface area contributed by atoms with E-state index in [-0.39, 0.29) is 12.0 Å². The zero-order chi connectivity index (χ0) is 13.0. The number of rotatable bonds is 4. The van der Waals surface area contributed by atoms with Gasteiger partial charge < -0.3 is 10.2 Å². The topological polar surface area (TPSA) is 64.2 Å². The van der Waals surface area contributed by atoms with Crippen LogP contribution in [0.3, 0.4) is 0 Å². The first-order chi connectivity index (χ1) is 8.01. The standard InChI is InChI=1S/C11H10BrF2NO2/c12-2-1-10(16)11(17)6-3-8(13)7(5-15)9(14)4-6/h3-4,10-11,16-17H,1-2H2. The summed E-state index contributed by atoms with van der Waals surface area (Å²) in [5.41, 5.74) is -0.789. The van der Waals surface area contributed by atoms with Crippen LogP contribution in [0.25, 0.3) is 0 Å². The second-order valence-electron chi connectivity index (χ2n) is 3.46. The van der Waals surface area contributed by atoms with Crippen molar-refractivity contribution < 1.29 is 19.0 Å². The van der Waals surface area contributed by atoms with Gasteiger partial charge in [0.2, 0.25) is 0 Å². The number of aliphatic hydroxyl groups excluding tert-OH is 2. The third-order valence-corrected chi connectivity index (χ3v) is 2.74. The maximum atomic E-state index is 13.3. The molecule has 0 heterocycles. The van der Waals surface area contributed by atoms with Crippen LogP contribution in [0.1, 0.15) is 23.7 Å². The van der Waals surface area contributed by atoms with Crippen molar-refractivity contribution >= 4 is 15.9 Å². The van der Waals surface area contributed by atoms with Crippen LogP contribution in [0.2, 0.25) is 0 Å². The summed E-state index contributed by atoms with van der Waals surface area (Å²) < 4.78 is 26.5. The summed E-state index contributed by atoms with van der Waals surface area (Å²) in [6.45, 7) is 0. The minimum Gasteiger partial charge on any atom is -0.390 e. The van der Waals surface area contributed by atoms with Crippen molar-refractivity contribution in [2.75, 3.05) is 5.33 Å². The zero-order valence-corrected chi connectivity index (χ0v) is 10.3. The second kappa shape index (κ2) is 6.05. The van der Waals surface area contributed by atoms with E-state index >= 15 is 0 Å². The van der Waals surface area contributed by atoms with Gasteiger partial charge in [-0.1, -0.05) is 15.9 Å². The molecule has 6 heteroatoms. The van der Waals surface area contributed by atoms with Gasteiger partial charge in [-0.25, -0.2) is 8.78 Å². The molecule has 0 radical (unpaired) electrons. The van der Waals surface area contributed by atoms with Gasteiger partial charge >= 0.3 is 0 Å². The molecule has 1 aromatic carbocycles. The number of hydrogen-bond donors (Lipinski definition) is 2. The molecule has 17 heavy (non-hydrogen) atoms. The molecule has 92 valence electrons. The predicted octanol–water partition coefficient (Wildman–Crippen LogP) is 2.02. The molecular weight excluding hydrogens is 296 g/mol. The molecule has 0 spiro atoms. The van der Waals surface area contributed by atoms with E-state index in [1.54, 1.807) is 0 Å². The number of nitrogens with zero attached hydrogens (tertiary/aromatic N) is 1. The van der Waals surface area contributed by atoms with Gasteiger partial charge in [-0.05, 0) is 24.1 Å². The maximum Gasteiger partial charge on any atom is 0.144 e. The van der Waals surface area contributed by atoms with Gasteiger partial charge in [0.1, 0.15) is 29.4 Å². The van der Waals surface area contributed by atoms with Gasteiger partial charge in [0.25, 0.3) is 0 Å². The molecule has 1 rings (SSSR count). The van der Waals surface area contributed by atoms with Crippen molar-refractivity contribution in [3.8, 4) is 6.07 Å². The highest BCUT2D eigenvalue weighted by atomic mass is 79.9. The first-order valence-corrected chi connectivity index (χ1v) is 5.94. The Bertz CT molecular complexity index is 425. The highest BCUT2D eigenvalue weighted by Gasteiger charge is 2.21. The van der Waals surface area contributed by atoms with Crippen LogP contribution >= 0.6 is 15.9 Å². The molecule has 0 amide bonds. The van der Waals surface area contributed by atoms with Crippen LogP contribution < -0.4 is 0 Å². The number of benzene rings is 1. The lowest BCUT2D eigenvalue weighted by Gasteiger charge is -2.17. The normalized spacial score (nSPS) is 14.1. The molecule has 2 N–H and O–H groups in total. The summed E-state index contributed by atoms with van der Waals surface area (Å²) in [4.78, 5) is 0. The Morgan fingerprint density at radius 2 is 1.82 bits per heavy atom. The second-order valence-corrected chi connectivity index (χ2v) is 4.25. The Balaban J connectivity index is 3.05. The van der Waals surface area contributed by atoms with Crippen molar-refractivity contribution in [2.24, 2.45) is 0 Å². The first kappa shape index (κ1) is 14.0. The minimum atomic E-state index is -1.38. The van der Waals surface area contributed by atoms with E-state index in [4.69, 9.17) is 5.26 Å². The van der Waals surface area contributed by atoms with Crippen LogP contribution in [0.4, 0.5) is 8.78 Å². The molecule has 0 saturated heterocycles. The molecule has 0 aliphatic rings. The van der Waals surface area contributed by atoms with Crippen LogP contribution in [0, 0.1) is 23.0 Å². The fourth-order valence-electron chi connectivity index (χ4n) is 1.36. The van der Waals surface area contributed by atoms with Gasteiger partial charge in [-0.2, -0.15) is 5.26 Å². The van der Waals surface area contributed by atoms with E-state index in [2.05, 4.69) is 15.9 Å². The molecule has 0 fully saturated rings. The lowest BCUT2D eigenvalue weighted by Crippen LogP contribution is -2.19. The van der Waals surface area contributed by atoms with Crippen LogP contribution in [-0.2, 0) is 0 Å². The lowest BCUT2D eigenvalue weighted by molar-refractivity contribution is 0.0170. The minimum absolute atomic E-state index is 0.0903. The molecule has 1 aromatic rings. The molecule has 2 atom stereocenters. The Kier molecular flexibility index (Phi) is 5.00. The van der Waals surface area contributed by atoms with Crippen molar-refractivity contribution in [1.82, 2.24) is 0 Å². The van der Waals surface area contributed by atoms with E-state index < -0.39 is 29.4 Å². The van der Waals surface area contributed by atoms with Gasteiger partial charge in [-0.15, -0.1) is 0 Å². The molecule has 0 aromatic heterocycles. The zero-order valence-electron chi connectivity index (χ0n) is 8.70. The molecule has 3 nitrogen and oxygen atoms in total. The lowest BCUT2D eigenvalue weighted by atomic mass is 10.0. The molecule has 0 bridgehead atoms. The van der Waals surface area contributed by atoms with Crippen LogP contribution in [0.5, 0.6) is 0 Å². The van der Waals surface area contributed by atoms with Gasteiger partial charge in [0.05, 0.1) is 6.10 Å². The van der Waals surface area contributed by atoms with Crippen molar-refractivity contribution in [3.63, 3.8) is 0 Å². The molecule has 2 unspecified atom stereocenters. The molecule has 0 aliphatic carbocycles. The third kappa shape index (κ3) is 3.22. The average Bonchev–Trinajstić information content (AvgIpc) is 2.27. The quantitative estimate of drug-likeness (QED) is 0.837. The number of halogens is 3. The van der Waals surface area contributed by atoms with Crippen molar-refractivity contribution in [2.45, 2.75) is 18.6 Å². The van der Waals surface area contributed by atoms with E-state index in [9.17, 15) is 19.0 Å². The largest absolute Gasteiger partial charge is 0.390 e. The van der Waals surface area contributed by atoms with E-state index in [1.165, 1.54) is 6.07 Å². The fourth-order valence-corrected chi connectivity index (χ4v) is 1.83. The summed E-state index contributed by atoms with van der Waals surface area (Å²) >= 11 is 3.08. The monoisotopic (exact) mass is 305 g/mol. The summed E-state index contributed by atoms with van der Waals surface area (Å²) in [6, 6.07) is 3.08. The first-order valence-electron chi connectivity index (χ1n) is 4.82. The van der Waals surface area contributed by atoms with Crippen molar-refractivity contribution in [1.29, 1.82) is 5.26 Å². The Labute approximate surface area is 105 Å². The van der Waals surface area contributed by atoms with E-state index in [1.807, 2.05) is 0 Å². The fraction of sp³-hybridized carbons (Fsp3) is 0.364. The molecular formula is C11H10BrF2NO2. The van der Waals surface area contributed by atoms with Gasteiger partial charge in [0, 0.05) is 5.33 Å². The highest BCUT2D eigenvalue weighted by Crippen LogP contribution is 2.23. The summed E-state index contributed by atoms with van der Waals surface area (Å²) in [6.07, 6.45) is -2.27. The summed E-state index contributed by atoms with van der Waals surface area (Å²) in [5.74, 6) is -2.10. The molecule has 0 aliphatic heterocycles. The Morgan fingerprint density at radius 3 is 2.24 bits per heavy atom. The average molecular weight is 306 g/mol. The van der Waals surface area contributed by atoms with Crippen LogP contribution in [0.15, 0.2) is 12.1 Å². The Hall–Kier alpha value is -1.03. The smallest absolute Gasteiger partial charge is 0.144 e. The highest BCUT2D eigenvalue weighted by molar-refractivity contribution is 9.09. The third-order valence-electron chi connectivity index (χ3n) is 2.29. The number of hydrogen-bond acceptors (Lipinski definition) is 3. The number of aliphatic hydroxyl groups is 2. The van der Waals surface area contributed by atoms with Crippen LogP contribution in [-0.4, -0.2) is 21.6 Å². The van der Waals surface area contributed by atoms with E-state index in [0.29, 0.717) is 5.33 Å². The SMILES string of the molecule is N#Cc1c(F)cc(C(O)C(O)CCBr)cc1F.